The average molecular weight is 239 g/mol. The predicted octanol–water partition coefficient (Wildman–Crippen LogP) is -0.505. The van der Waals surface area contributed by atoms with Crippen LogP contribution in [0.5, 0.6) is 0 Å². The van der Waals surface area contributed by atoms with Crippen molar-refractivity contribution in [2.45, 2.75) is 19.8 Å². The van der Waals surface area contributed by atoms with Gasteiger partial charge in [0, 0.05) is 13.1 Å². The van der Waals surface area contributed by atoms with Gasteiger partial charge in [-0.05, 0) is 6.42 Å². The minimum absolute atomic E-state index is 0.0460. The van der Waals surface area contributed by atoms with E-state index >= 15 is 0 Å². The van der Waals surface area contributed by atoms with Gasteiger partial charge in [0.15, 0.2) is 5.75 Å². The minimum atomic E-state index is -3.78. The Bertz CT molecular complexity index is 287. The van der Waals surface area contributed by atoms with Crippen molar-refractivity contribution in [1.29, 1.82) is 0 Å². The second-order valence-corrected chi connectivity index (χ2v) is 5.10. The molecule has 0 rings (SSSR count). The summed E-state index contributed by atoms with van der Waals surface area (Å²) in [6.45, 7) is 1.81. The summed E-state index contributed by atoms with van der Waals surface area (Å²) in [6.07, 6.45) is 1.46. The summed E-state index contributed by atoms with van der Waals surface area (Å²) in [5, 5.41) is 17.1. The molecule has 6 nitrogen and oxygen atoms in total. The van der Waals surface area contributed by atoms with Crippen LogP contribution < -0.4 is 0 Å². The van der Waals surface area contributed by atoms with Gasteiger partial charge in [-0.1, -0.05) is 13.3 Å². The summed E-state index contributed by atoms with van der Waals surface area (Å²) in [4.78, 5) is 10.3. The number of carboxylic acids is 1. The van der Waals surface area contributed by atoms with Crippen LogP contribution in [0.15, 0.2) is 0 Å². The van der Waals surface area contributed by atoms with Crippen molar-refractivity contribution in [1.82, 2.24) is 4.31 Å². The molecular formula is C8H17NO5S. The van der Waals surface area contributed by atoms with Crippen LogP contribution in [0.3, 0.4) is 0 Å². The molecule has 0 saturated carbocycles. The summed E-state index contributed by atoms with van der Waals surface area (Å²) in [7, 11) is -3.78. The molecule has 0 bridgehead atoms. The maximum Gasteiger partial charge on any atom is 0.320 e. The highest BCUT2D eigenvalue weighted by atomic mass is 32.2. The van der Waals surface area contributed by atoms with Crippen LogP contribution in [-0.4, -0.2) is 54.4 Å². The second kappa shape index (κ2) is 6.76. The Balaban J connectivity index is 4.50. The zero-order chi connectivity index (χ0) is 11.9. The highest BCUT2D eigenvalue weighted by Gasteiger charge is 2.23. The number of carboxylic acid groups (broad SMARTS) is 1. The Morgan fingerprint density at radius 2 is 1.93 bits per heavy atom. The molecule has 15 heavy (non-hydrogen) atoms. The minimum Gasteiger partial charge on any atom is -0.480 e. The molecule has 0 spiro atoms. The Kier molecular flexibility index (Phi) is 6.46. The molecule has 0 fully saturated rings. The molecule has 0 aliphatic rings. The van der Waals surface area contributed by atoms with Crippen LogP contribution in [0, 0.1) is 0 Å². The topological polar surface area (TPSA) is 94.9 Å². The standard InChI is InChI=1S/C8H17NO5S/c1-2-3-4-9(5-6-10)15(13,14)7-8(11)12/h10H,2-7H2,1H3,(H,11,12). The van der Waals surface area contributed by atoms with Gasteiger partial charge >= 0.3 is 5.97 Å². The first-order valence-electron chi connectivity index (χ1n) is 4.74. The zero-order valence-corrected chi connectivity index (χ0v) is 9.53. The molecule has 2 N–H and O–H groups in total. The number of aliphatic hydroxyl groups excluding tert-OH is 1. The maximum atomic E-state index is 11.5. The first kappa shape index (κ1) is 14.3. The molecular weight excluding hydrogens is 222 g/mol. The first-order chi connectivity index (χ1) is 6.94. The number of nitrogens with zero attached hydrogens (tertiary/aromatic N) is 1. The van der Waals surface area contributed by atoms with Crippen molar-refractivity contribution < 1.29 is 23.4 Å². The van der Waals surface area contributed by atoms with E-state index in [0.717, 1.165) is 10.7 Å². The van der Waals surface area contributed by atoms with Gasteiger partial charge in [0.2, 0.25) is 10.0 Å². The number of aliphatic carboxylic acids is 1. The van der Waals surface area contributed by atoms with Gasteiger partial charge in [0.25, 0.3) is 0 Å². The average Bonchev–Trinajstić information content (AvgIpc) is 2.09. The van der Waals surface area contributed by atoms with Crippen molar-refractivity contribution in [3.05, 3.63) is 0 Å². The highest BCUT2D eigenvalue weighted by Crippen LogP contribution is 2.03. The van der Waals surface area contributed by atoms with E-state index in [1.54, 1.807) is 0 Å². The van der Waals surface area contributed by atoms with Crippen molar-refractivity contribution in [2.75, 3.05) is 25.4 Å². The number of carbonyl (C=O) groups is 1. The van der Waals surface area contributed by atoms with Crippen LogP contribution in [-0.2, 0) is 14.8 Å². The summed E-state index contributed by atoms with van der Waals surface area (Å²) < 4.78 is 24.0. The zero-order valence-electron chi connectivity index (χ0n) is 8.72. The lowest BCUT2D eigenvalue weighted by Crippen LogP contribution is -2.38. The van der Waals surface area contributed by atoms with E-state index in [4.69, 9.17) is 10.2 Å². The first-order valence-corrected chi connectivity index (χ1v) is 6.35. The number of sulfonamides is 1. The molecule has 7 heteroatoms. The van der Waals surface area contributed by atoms with Gasteiger partial charge in [0.05, 0.1) is 6.61 Å². The number of rotatable bonds is 8. The van der Waals surface area contributed by atoms with Crippen molar-refractivity contribution >= 4 is 16.0 Å². The van der Waals surface area contributed by atoms with E-state index in [1.165, 1.54) is 0 Å². The van der Waals surface area contributed by atoms with Gasteiger partial charge in [-0.25, -0.2) is 8.42 Å². The molecule has 0 saturated heterocycles. The van der Waals surface area contributed by atoms with E-state index in [9.17, 15) is 13.2 Å². The van der Waals surface area contributed by atoms with E-state index in [0.29, 0.717) is 6.42 Å². The molecule has 0 heterocycles. The molecule has 0 amide bonds. The van der Waals surface area contributed by atoms with Crippen LogP contribution >= 0.6 is 0 Å². The van der Waals surface area contributed by atoms with E-state index < -0.39 is 21.7 Å². The number of aliphatic hydroxyl groups is 1. The Morgan fingerprint density at radius 1 is 1.33 bits per heavy atom. The number of hydrogen-bond acceptors (Lipinski definition) is 4. The largest absolute Gasteiger partial charge is 0.480 e. The summed E-state index contributed by atoms with van der Waals surface area (Å²) >= 11 is 0. The lowest BCUT2D eigenvalue weighted by Gasteiger charge is -2.19. The van der Waals surface area contributed by atoms with Gasteiger partial charge in [-0.3, -0.25) is 4.79 Å². The monoisotopic (exact) mass is 239 g/mol. The highest BCUT2D eigenvalue weighted by molar-refractivity contribution is 7.89. The summed E-state index contributed by atoms with van der Waals surface area (Å²) in [6, 6.07) is 0. The molecule has 0 aliphatic carbocycles. The third-order valence-electron chi connectivity index (χ3n) is 1.81. The van der Waals surface area contributed by atoms with Crippen molar-refractivity contribution in [3.8, 4) is 0 Å². The number of unbranched alkanes of at least 4 members (excludes halogenated alkanes) is 1. The van der Waals surface area contributed by atoms with Gasteiger partial charge in [-0.15, -0.1) is 0 Å². The van der Waals surface area contributed by atoms with Crippen molar-refractivity contribution in [3.63, 3.8) is 0 Å². The fraction of sp³-hybridized carbons (Fsp3) is 0.875. The molecule has 0 aromatic carbocycles. The van der Waals surface area contributed by atoms with E-state index in [1.807, 2.05) is 6.92 Å². The Labute approximate surface area is 89.6 Å². The van der Waals surface area contributed by atoms with Crippen LogP contribution in [0.1, 0.15) is 19.8 Å². The van der Waals surface area contributed by atoms with Crippen LogP contribution in [0.4, 0.5) is 0 Å². The molecule has 0 aromatic rings. The van der Waals surface area contributed by atoms with Crippen LogP contribution in [0.25, 0.3) is 0 Å². The van der Waals surface area contributed by atoms with Gasteiger partial charge in [-0.2, -0.15) is 4.31 Å². The molecule has 0 radical (unpaired) electrons. The van der Waals surface area contributed by atoms with Gasteiger partial charge in [0.1, 0.15) is 0 Å². The summed E-state index contributed by atoms with van der Waals surface area (Å²) in [5.41, 5.74) is 0. The van der Waals surface area contributed by atoms with E-state index in [-0.39, 0.29) is 19.7 Å². The second-order valence-electron chi connectivity index (χ2n) is 3.13. The lowest BCUT2D eigenvalue weighted by atomic mass is 10.3. The fourth-order valence-electron chi connectivity index (χ4n) is 1.08. The Morgan fingerprint density at radius 3 is 2.33 bits per heavy atom. The fourth-order valence-corrected chi connectivity index (χ4v) is 2.35. The molecule has 0 aliphatic heterocycles. The molecule has 0 aromatic heterocycles. The number of hydrogen-bond donors (Lipinski definition) is 2. The molecule has 90 valence electrons. The normalized spacial score (nSPS) is 11.9. The van der Waals surface area contributed by atoms with E-state index in [2.05, 4.69) is 0 Å². The lowest BCUT2D eigenvalue weighted by molar-refractivity contribution is -0.134. The van der Waals surface area contributed by atoms with Crippen LogP contribution in [0.2, 0.25) is 0 Å². The third-order valence-corrected chi connectivity index (χ3v) is 3.57. The maximum absolute atomic E-state index is 11.5. The van der Waals surface area contributed by atoms with Gasteiger partial charge < -0.3 is 10.2 Å². The Hall–Kier alpha value is -0.660. The molecule has 0 unspecified atom stereocenters. The predicted molar refractivity (Wildman–Crippen MR) is 55.0 cm³/mol. The smallest absolute Gasteiger partial charge is 0.320 e. The van der Waals surface area contributed by atoms with Crippen molar-refractivity contribution in [2.24, 2.45) is 0 Å². The quantitative estimate of drug-likeness (QED) is 0.595. The third kappa shape index (κ3) is 5.71. The SMILES string of the molecule is CCCCN(CCO)S(=O)(=O)CC(=O)O. The molecule has 0 atom stereocenters. The summed E-state index contributed by atoms with van der Waals surface area (Å²) in [5.74, 6) is -2.30.